The Balaban J connectivity index is 1.92. The van der Waals surface area contributed by atoms with Crippen molar-refractivity contribution >= 4 is 0 Å². The fourth-order valence-corrected chi connectivity index (χ4v) is 3.16. The van der Waals surface area contributed by atoms with Crippen LogP contribution in [0.15, 0.2) is 24.3 Å². The number of para-hydroxylation sites is 1. The number of terminal acetylenes is 1. The van der Waals surface area contributed by atoms with E-state index in [0.717, 1.165) is 18.8 Å². The zero-order valence-electron chi connectivity index (χ0n) is 13.2. The highest BCUT2D eigenvalue weighted by Gasteiger charge is 2.35. The number of rotatable bonds is 7. The van der Waals surface area contributed by atoms with Crippen LogP contribution in [-0.2, 0) is 6.54 Å². The molecule has 1 saturated carbocycles. The third-order valence-electron chi connectivity index (χ3n) is 4.54. The van der Waals surface area contributed by atoms with E-state index in [-0.39, 0.29) is 0 Å². The van der Waals surface area contributed by atoms with E-state index >= 15 is 0 Å². The van der Waals surface area contributed by atoms with E-state index in [0.29, 0.717) is 12.1 Å². The Kier molecular flexibility index (Phi) is 5.67. The molecule has 2 rings (SSSR count). The highest BCUT2D eigenvalue weighted by Crippen LogP contribution is 2.33. The van der Waals surface area contributed by atoms with Crippen molar-refractivity contribution in [3.63, 3.8) is 0 Å². The second-order valence-corrected chi connectivity index (χ2v) is 6.03. The Bertz CT molecular complexity index is 484. The van der Waals surface area contributed by atoms with E-state index in [2.05, 4.69) is 36.3 Å². The molecule has 0 aromatic heterocycles. The van der Waals surface area contributed by atoms with Crippen LogP contribution in [0, 0.1) is 12.3 Å². The van der Waals surface area contributed by atoms with E-state index < -0.39 is 0 Å². The van der Waals surface area contributed by atoms with Gasteiger partial charge in [-0.3, -0.25) is 0 Å². The number of ether oxygens (including phenoxy) is 1. The van der Waals surface area contributed by atoms with Crippen LogP contribution in [0.2, 0.25) is 0 Å². The average Bonchev–Trinajstić information content (AvgIpc) is 2.96. The van der Waals surface area contributed by atoms with Crippen LogP contribution in [0.3, 0.4) is 0 Å². The third-order valence-corrected chi connectivity index (χ3v) is 4.54. The average molecular weight is 286 g/mol. The Morgan fingerprint density at radius 1 is 1.29 bits per heavy atom. The van der Waals surface area contributed by atoms with Crippen LogP contribution in [0.1, 0.15) is 31.2 Å². The van der Waals surface area contributed by atoms with Gasteiger partial charge in [-0.15, -0.1) is 6.42 Å². The maximum Gasteiger partial charge on any atom is 0.148 e. The minimum absolute atomic E-state index is 0.314. The summed E-state index contributed by atoms with van der Waals surface area (Å²) in [5, 5.41) is 3.61. The van der Waals surface area contributed by atoms with Crippen molar-refractivity contribution in [3.8, 4) is 18.1 Å². The van der Waals surface area contributed by atoms with E-state index in [1.54, 1.807) is 0 Å². The van der Waals surface area contributed by atoms with Gasteiger partial charge in [-0.25, -0.2) is 0 Å². The lowest BCUT2D eigenvalue weighted by atomic mass is 9.96. The molecule has 3 heteroatoms. The molecule has 21 heavy (non-hydrogen) atoms. The highest BCUT2D eigenvalue weighted by molar-refractivity contribution is 5.33. The number of nitrogens with zero attached hydrogens (tertiary/aromatic N) is 1. The quantitative estimate of drug-likeness (QED) is 0.780. The lowest BCUT2D eigenvalue weighted by molar-refractivity contribution is 0.153. The predicted octanol–water partition coefficient (Wildman–Crippen LogP) is 2.66. The van der Waals surface area contributed by atoms with Crippen LogP contribution >= 0.6 is 0 Å². The van der Waals surface area contributed by atoms with Gasteiger partial charge < -0.3 is 15.0 Å². The first kappa shape index (κ1) is 15.9. The van der Waals surface area contributed by atoms with E-state index in [1.807, 2.05) is 18.2 Å². The number of hydrogen-bond acceptors (Lipinski definition) is 3. The first-order valence-electron chi connectivity index (χ1n) is 7.70. The van der Waals surface area contributed by atoms with E-state index in [1.165, 1.54) is 31.2 Å². The van der Waals surface area contributed by atoms with Gasteiger partial charge in [0.2, 0.25) is 0 Å². The first-order valence-corrected chi connectivity index (χ1v) is 7.70. The van der Waals surface area contributed by atoms with Crippen molar-refractivity contribution in [2.24, 2.45) is 0 Å². The summed E-state index contributed by atoms with van der Waals surface area (Å²) in [6.45, 7) is 2.15. The molecule has 0 heterocycles. The summed E-state index contributed by atoms with van der Waals surface area (Å²) in [6, 6.07) is 8.09. The van der Waals surface area contributed by atoms with Crippen molar-refractivity contribution < 1.29 is 4.74 Å². The third kappa shape index (κ3) is 4.00. The Labute approximate surface area is 128 Å². The van der Waals surface area contributed by atoms with E-state index in [4.69, 9.17) is 11.2 Å². The molecule has 1 aromatic carbocycles. The Hall–Kier alpha value is -1.50. The molecule has 0 amide bonds. The number of nitrogens with one attached hydrogen (secondary N) is 1. The van der Waals surface area contributed by atoms with Gasteiger partial charge in [-0.1, -0.05) is 37.0 Å². The van der Waals surface area contributed by atoms with Gasteiger partial charge in [0.25, 0.3) is 0 Å². The van der Waals surface area contributed by atoms with Crippen molar-refractivity contribution in [1.29, 1.82) is 0 Å². The molecule has 0 atom stereocenters. The minimum atomic E-state index is 0.314. The molecule has 1 aliphatic carbocycles. The van der Waals surface area contributed by atoms with Gasteiger partial charge >= 0.3 is 0 Å². The zero-order chi connectivity index (χ0) is 15.1. The summed E-state index contributed by atoms with van der Waals surface area (Å²) in [6.07, 6.45) is 10.5. The Morgan fingerprint density at radius 2 is 2.00 bits per heavy atom. The number of likely N-dealkylation sites (N-methyl/N-ethyl adjacent to an activating group) is 1. The van der Waals surface area contributed by atoms with Gasteiger partial charge in [0.1, 0.15) is 12.4 Å². The number of hydrogen-bond donors (Lipinski definition) is 1. The summed E-state index contributed by atoms with van der Waals surface area (Å²) in [4.78, 5) is 2.38. The monoisotopic (exact) mass is 286 g/mol. The standard InChI is InChI=1S/C18H26N2O/c1-4-13-21-17-10-6-5-9-16(17)14-19-15-18(20(2)3)11-7-8-12-18/h1,5-6,9-10,19H,7-8,11-15H2,2-3H3. The van der Waals surface area contributed by atoms with Gasteiger partial charge in [-0.05, 0) is 33.0 Å². The van der Waals surface area contributed by atoms with Crippen LogP contribution in [-0.4, -0.2) is 37.7 Å². The minimum Gasteiger partial charge on any atom is -0.481 e. The fraction of sp³-hybridized carbons (Fsp3) is 0.556. The molecular weight excluding hydrogens is 260 g/mol. The van der Waals surface area contributed by atoms with Crippen molar-refractivity contribution in [3.05, 3.63) is 29.8 Å². The summed E-state index contributed by atoms with van der Waals surface area (Å²) >= 11 is 0. The Morgan fingerprint density at radius 3 is 2.67 bits per heavy atom. The molecule has 0 bridgehead atoms. The smallest absolute Gasteiger partial charge is 0.148 e. The van der Waals surface area contributed by atoms with Crippen molar-refractivity contribution in [2.75, 3.05) is 27.2 Å². The lowest BCUT2D eigenvalue weighted by Crippen LogP contribution is -2.49. The van der Waals surface area contributed by atoms with Gasteiger partial charge in [-0.2, -0.15) is 0 Å². The molecule has 114 valence electrons. The zero-order valence-corrected chi connectivity index (χ0v) is 13.2. The fourth-order valence-electron chi connectivity index (χ4n) is 3.16. The topological polar surface area (TPSA) is 24.5 Å². The molecule has 1 N–H and O–H groups in total. The molecule has 1 fully saturated rings. The normalized spacial score (nSPS) is 16.9. The molecule has 1 aromatic rings. The summed E-state index contributed by atoms with van der Waals surface area (Å²) in [7, 11) is 4.38. The van der Waals surface area contributed by atoms with Gasteiger partial charge in [0.05, 0.1) is 0 Å². The summed E-state index contributed by atoms with van der Waals surface area (Å²) in [5.41, 5.74) is 1.48. The molecule has 0 aliphatic heterocycles. The summed E-state index contributed by atoms with van der Waals surface area (Å²) in [5.74, 6) is 3.40. The molecule has 1 aliphatic rings. The molecule has 0 radical (unpaired) electrons. The van der Waals surface area contributed by atoms with Crippen molar-refractivity contribution in [1.82, 2.24) is 10.2 Å². The van der Waals surface area contributed by atoms with Gasteiger partial charge in [0.15, 0.2) is 0 Å². The van der Waals surface area contributed by atoms with Crippen LogP contribution in [0.25, 0.3) is 0 Å². The highest BCUT2D eigenvalue weighted by atomic mass is 16.5. The molecule has 0 saturated heterocycles. The predicted molar refractivity (Wildman–Crippen MR) is 87.4 cm³/mol. The van der Waals surface area contributed by atoms with Crippen LogP contribution < -0.4 is 10.1 Å². The molecule has 0 spiro atoms. The molecule has 0 unspecified atom stereocenters. The second kappa shape index (κ2) is 7.49. The van der Waals surface area contributed by atoms with Crippen LogP contribution in [0.5, 0.6) is 5.75 Å². The first-order chi connectivity index (χ1) is 10.2. The maximum absolute atomic E-state index is 5.59. The maximum atomic E-state index is 5.59. The molecular formula is C18H26N2O. The number of benzene rings is 1. The van der Waals surface area contributed by atoms with Crippen molar-refractivity contribution in [2.45, 2.75) is 37.8 Å². The largest absolute Gasteiger partial charge is 0.481 e. The SMILES string of the molecule is C#CCOc1ccccc1CNCC1(N(C)C)CCCC1. The van der Waals surface area contributed by atoms with E-state index in [9.17, 15) is 0 Å². The second-order valence-electron chi connectivity index (χ2n) is 6.03. The molecule has 3 nitrogen and oxygen atoms in total. The lowest BCUT2D eigenvalue weighted by Gasteiger charge is -2.36. The van der Waals surface area contributed by atoms with Gasteiger partial charge in [0, 0.05) is 24.2 Å². The van der Waals surface area contributed by atoms with Crippen LogP contribution in [0.4, 0.5) is 0 Å². The summed E-state index contributed by atoms with van der Waals surface area (Å²) < 4.78 is 5.59.